The molecule has 0 aliphatic carbocycles. The first kappa shape index (κ1) is 22.3. The van der Waals surface area contributed by atoms with E-state index in [1.807, 2.05) is 32.9 Å². The van der Waals surface area contributed by atoms with Crippen molar-refractivity contribution in [3.63, 3.8) is 0 Å². The maximum atomic E-state index is 13.6. The first-order valence-electron chi connectivity index (χ1n) is 10.7. The average molecular weight is 445 g/mol. The number of rotatable bonds is 5. The summed E-state index contributed by atoms with van der Waals surface area (Å²) in [6.07, 6.45) is -0.0117. The molecule has 1 aliphatic rings. The van der Waals surface area contributed by atoms with Crippen molar-refractivity contribution in [1.29, 1.82) is 0 Å². The topological polar surface area (TPSA) is 66.8 Å². The minimum Gasteiger partial charge on any atom is -0.507 e. The molecule has 3 aromatic carbocycles. The van der Waals surface area contributed by atoms with Gasteiger partial charge in [0.2, 0.25) is 0 Å². The number of benzene rings is 3. The van der Waals surface area contributed by atoms with Crippen molar-refractivity contribution >= 4 is 23.1 Å². The minimum absolute atomic E-state index is 0.0117. The number of hydrogen-bond donors (Lipinski definition) is 1. The fourth-order valence-corrected chi connectivity index (χ4v) is 3.99. The molecule has 1 atom stereocenters. The molecule has 0 saturated carbocycles. The Bertz CT molecular complexity index is 1230. The van der Waals surface area contributed by atoms with E-state index in [4.69, 9.17) is 4.74 Å². The van der Waals surface area contributed by atoms with Gasteiger partial charge in [0.1, 0.15) is 17.3 Å². The van der Waals surface area contributed by atoms with Crippen LogP contribution in [0.25, 0.3) is 5.76 Å². The number of aliphatic hydroxyl groups is 1. The molecule has 6 heteroatoms. The summed E-state index contributed by atoms with van der Waals surface area (Å²) in [5.74, 6) is -1.66. The predicted molar refractivity (Wildman–Crippen MR) is 125 cm³/mol. The monoisotopic (exact) mass is 445 g/mol. The molecule has 168 valence electrons. The third-order valence-corrected chi connectivity index (χ3v) is 5.50. The summed E-state index contributed by atoms with van der Waals surface area (Å²) < 4.78 is 19.3. The zero-order valence-corrected chi connectivity index (χ0v) is 18.6. The summed E-state index contributed by atoms with van der Waals surface area (Å²) in [4.78, 5) is 27.7. The third-order valence-electron chi connectivity index (χ3n) is 5.50. The van der Waals surface area contributed by atoms with Crippen LogP contribution in [-0.4, -0.2) is 22.9 Å². The van der Waals surface area contributed by atoms with Gasteiger partial charge in [-0.3, -0.25) is 14.5 Å². The van der Waals surface area contributed by atoms with E-state index in [9.17, 15) is 19.1 Å². The highest BCUT2D eigenvalue weighted by molar-refractivity contribution is 6.51. The predicted octanol–water partition coefficient (Wildman–Crippen LogP) is 5.55. The SMILES string of the molecule is Cc1ccccc1N1C(=O)C(=O)/C(=C(/O)c2ccc(OC(C)C)cc2)C1c1ccc(F)cc1. The second-order valence-electron chi connectivity index (χ2n) is 8.20. The molecule has 0 radical (unpaired) electrons. The summed E-state index contributed by atoms with van der Waals surface area (Å²) in [5.41, 5.74) is 2.18. The van der Waals surface area contributed by atoms with Crippen molar-refractivity contribution < 1.29 is 23.8 Å². The van der Waals surface area contributed by atoms with Gasteiger partial charge in [-0.25, -0.2) is 4.39 Å². The van der Waals surface area contributed by atoms with Crippen molar-refractivity contribution in [3.8, 4) is 5.75 Å². The first-order chi connectivity index (χ1) is 15.8. The lowest BCUT2D eigenvalue weighted by Crippen LogP contribution is -2.30. The molecule has 4 rings (SSSR count). The van der Waals surface area contributed by atoms with Crippen LogP contribution in [-0.2, 0) is 9.59 Å². The summed E-state index contributed by atoms with van der Waals surface area (Å²) in [6.45, 7) is 5.65. The van der Waals surface area contributed by atoms with Gasteiger partial charge in [-0.15, -0.1) is 0 Å². The van der Waals surface area contributed by atoms with Gasteiger partial charge < -0.3 is 9.84 Å². The average Bonchev–Trinajstić information content (AvgIpc) is 3.05. The number of nitrogens with zero attached hydrogens (tertiary/aromatic N) is 1. The van der Waals surface area contributed by atoms with Crippen molar-refractivity contribution in [3.05, 3.63) is 101 Å². The number of halogens is 1. The van der Waals surface area contributed by atoms with Crippen LogP contribution in [0.1, 0.15) is 36.6 Å². The molecule has 1 aliphatic heterocycles. The number of para-hydroxylation sites is 1. The zero-order chi connectivity index (χ0) is 23.7. The van der Waals surface area contributed by atoms with Gasteiger partial charge in [0.25, 0.3) is 11.7 Å². The van der Waals surface area contributed by atoms with E-state index in [0.29, 0.717) is 22.6 Å². The Morgan fingerprint density at radius 1 is 0.970 bits per heavy atom. The fourth-order valence-electron chi connectivity index (χ4n) is 3.99. The molecular weight excluding hydrogens is 421 g/mol. The van der Waals surface area contributed by atoms with Gasteiger partial charge in [0.15, 0.2) is 0 Å². The Labute approximate surface area is 191 Å². The maximum Gasteiger partial charge on any atom is 0.300 e. The first-order valence-corrected chi connectivity index (χ1v) is 10.7. The molecule has 1 saturated heterocycles. The Balaban J connectivity index is 1.88. The number of ether oxygens (including phenoxy) is 1. The van der Waals surface area contributed by atoms with Gasteiger partial charge in [0.05, 0.1) is 17.7 Å². The van der Waals surface area contributed by atoms with Crippen molar-refractivity contribution in [2.75, 3.05) is 4.90 Å². The Morgan fingerprint density at radius 3 is 2.21 bits per heavy atom. The molecule has 0 bridgehead atoms. The molecular formula is C27H24FNO4. The number of anilines is 1. The summed E-state index contributed by atoms with van der Waals surface area (Å²) >= 11 is 0. The van der Waals surface area contributed by atoms with Gasteiger partial charge in [-0.1, -0.05) is 30.3 Å². The van der Waals surface area contributed by atoms with Crippen LogP contribution in [0, 0.1) is 12.7 Å². The van der Waals surface area contributed by atoms with Crippen molar-refractivity contribution in [1.82, 2.24) is 0 Å². The van der Waals surface area contributed by atoms with Crippen LogP contribution in [0.2, 0.25) is 0 Å². The number of carbonyl (C=O) groups is 2. The van der Waals surface area contributed by atoms with Crippen LogP contribution >= 0.6 is 0 Å². The number of aliphatic hydroxyl groups excluding tert-OH is 1. The van der Waals surface area contributed by atoms with Crippen LogP contribution in [0.4, 0.5) is 10.1 Å². The maximum absolute atomic E-state index is 13.6. The van der Waals surface area contributed by atoms with Gasteiger partial charge >= 0.3 is 0 Å². The van der Waals surface area contributed by atoms with E-state index in [1.54, 1.807) is 36.4 Å². The molecule has 1 fully saturated rings. The summed E-state index contributed by atoms with van der Waals surface area (Å²) in [5, 5.41) is 11.2. The number of ketones is 1. The van der Waals surface area contributed by atoms with Gasteiger partial charge in [-0.05, 0) is 74.4 Å². The standard InChI is InChI=1S/C27H24FNO4/c1-16(2)33-21-14-10-19(11-15-21)25(30)23-24(18-8-12-20(28)13-9-18)29(27(32)26(23)31)22-7-5-4-6-17(22)3/h4-16,24,30H,1-3H3/b25-23+. The molecule has 1 amide bonds. The molecule has 1 unspecified atom stereocenters. The summed E-state index contributed by atoms with van der Waals surface area (Å²) in [6, 6.07) is 18.5. The smallest absolute Gasteiger partial charge is 0.300 e. The van der Waals surface area contributed by atoms with E-state index in [0.717, 1.165) is 5.56 Å². The van der Waals surface area contributed by atoms with Crippen molar-refractivity contribution in [2.24, 2.45) is 0 Å². The van der Waals surface area contributed by atoms with E-state index in [2.05, 4.69) is 0 Å². The molecule has 1 heterocycles. The highest BCUT2D eigenvalue weighted by Gasteiger charge is 2.47. The number of Topliss-reactive ketones (excluding diaryl/α,β-unsaturated/α-hetero) is 1. The lowest BCUT2D eigenvalue weighted by Gasteiger charge is -2.26. The molecule has 3 aromatic rings. The fraction of sp³-hybridized carbons (Fsp3) is 0.185. The lowest BCUT2D eigenvalue weighted by molar-refractivity contribution is -0.132. The number of aryl methyl sites for hydroxylation is 1. The van der Waals surface area contributed by atoms with Crippen molar-refractivity contribution in [2.45, 2.75) is 32.9 Å². The molecule has 0 aromatic heterocycles. The highest BCUT2D eigenvalue weighted by atomic mass is 19.1. The van der Waals surface area contributed by atoms with Crippen LogP contribution in [0.5, 0.6) is 5.75 Å². The Morgan fingerprint density at radius 2 is 1.61 bits per heavy atom. The highest BCUT2D eigenvalue weighted by Crippen LogP contribution is 2.43. The van der Waals surface area contributed by atoms with E-state index >= 15 is 0 Å². The molecule has 5 nitrogen and oxygen atoms in total. The van der Waals surface area contributed by atoms with Crippen LogP contribution in [0.15, 0.2) is 78.4 Å². The van der Waals surface area contributed by atoms with Gasteiger partial charge in [0, 0.05) is 11.3 Å². The van der Waals surface area contributed by atoms with Crippen LogP contribution in [0.3, 0.4) is 0 Å². The molecule has 33 heavy (non-hydrogen) atoms. The van der Waals surface area contributed by atoms with Gasteiger partial charge in [-0.2, -0.15) is 0 Å². The lowest BCUT2D eigenvalue weighted by atomic mass is 9.95. The molecule has 1 N–H and O–H groups in total. The minimum atomic E-state index is -0.904. The molecule has 0 spiro atoms. The quantitative estimate of drug-likeness (QED) is 0.318. The second-order valence-corrected chi connectivity index (χ2v) is 8.20. The number of carbonyl (C=O) groups excluding carboxylic acids is 2. The zero-order valence-electron chi connectivity index (χ0n) is 18.6. The Hall–Kier alpha value is -3.93. The Kier molecular flexibility index (Phi) is 6.01. The summed E-state index contributed by atoms with van der Waals surface area (Å²) in [7, 11) is 0. The normalized spacial score (nSPS) is 17.6. The third kappa shape index (κ3) is 4.24. The van der Waals surface area contributed by atoms with E-state index in [-0.39, 0.29) is 17.4 Å². The number of hydrogen-bond acceptors (Lipinski definition) is 4. The largest absolute Gasteiger partial charge is 0.507 e. The van der Waals surface area contributed by atoms with Crippen LogP contribution < -0.4 is 9.64 Å². The van der Waals surface area contributed by atoms with E-state index in [1.165, 1.54) is 29.2 Å². The number of amides is 1. The second kappa shape index (κ2) is 8.90. The van der Waals surface area contributed by atoms with E-state index < -0.39 is 23.5 Å².